The van der Waals surface area contributed by atoms with Gasteiger partial charge in [0.1, 0.15) is 5.82 Å². The van der Waals surface area contributed by atoms with Crippen LogP contribution in [0.25, 0.3) is 0 Å². The van der Waals surface area contributed by atoms with Crippen LogP contribution in [0.3, 0.4) is 0 Å². The molecule has 1 saturated heterocycles. The summed E-state index contributed by atoms with van der Waals surface area (Å²) in [7, 11) is 0. The predicted octanol–water partition coefficient (Wildman–Crippen LogP) is 5.26. The maximum atomic E-state index is 15.0. The molecule has 1 N–H and O–H groups in total. The van der Waals surface area contributed by atoms with E-state index in [9.17, 15) is 4.39 Å². The van der Waals surface area contributed by atoms with E-state index in [-0.39, 0.29) is 17.9 Å². The average Bonchev–Trinajstić information content (AvgIpc) is 3.31. The summed E-state index contributed by atoms with van der Waals surface area (Å²) in [6, 6.07) is 18.4. The molecule has 2 atom stereocenters. The van der Waals surface area contributed by atoms with Crippen LogP contribution in [0.1, 0.15) is 40.3 Å². The molecular weight excluding hydrogens is 433 g/mol. The van der Waals surface area contributed by atoms with E-state index in [0.717, 1.165) is 29.2 Å². The molecule has 0 radical (unpaired) electrons. The highest BCUT2D eigenvalue weighted by Crippen LogP contribution is 2.43. The molecule has 0 saturated carbocycles. The lowest BCUT2D eigenvalue weighted by Crippen LogP contribution is -2.30. The third-order valence-corrected chi connectivity index (χ3v) is 6.55. The van der Waals surface area contributed by atoms with Crippen LogP contribution in [0.5, 0.6) is 0 Å². The number of hydrogen-bond acceptors (Lipinski definition) is 3. The fourth-order valence-corrected chi connectivity index (χ4v) is 4.96. The summed E-state index contributed by atoms with van der Waals surface area (Å²) in [4.78, 5) is 10.6. The fourth-order valence-electron chi connectivity index (χ4n) is 4.62. The molecule has 166 valence electrons. The Labute approximate surface area is 197 Å². The van der Waals surface area contributed by atoms with Crippen LogP contribution in [-0.4, -0.2) is 19.6 Å². The molecule has 3 aromatic heterocycles. The fraction of sp³-hybridized carbons (Fsp3) is 0.192. The van der Waals surface area contributed by atoms with E-state index >= 15 is 0 Å². The van der Waals surface area contributed by atoms with E-state index in [0.29, 0.717) is 10.8 Å². The number of aryl methyl sites for hydroxylation is 1. The minimum Gasteiger partial charge on any atom is -0.351 e. The summed E-state index contributed by atoms with van der Waals surface area (Å²) in [6.45, 7) is 4.94. The van der Waals surface area contributed by atoms with Crippen molar-refractivity contribution in [1.29, 1.82) is 0 Å². The van der Waals surface area contributed by atoms with Crippen molar-refractivity contribution < 1.29 is 4.39 Å². The van der Waals surface area contributed by atoms with Gasteiger partial charge in [-0.05, 0) is 79.7 Å². The van der Waals surface area contributed by atoms with Gasteiger partial charge in [-0.2, -0.15) is 0 Å². The minimum absolute atomic E-state index is 0.215. The number of benzene rings is 1. The molecule has 0 aliphatic carbocycles. The van der Waals surface area contributed by atoms with E-state index in [1.54, 1.807) is 30.7 Å². The number of rotatable bonds is 5. The highest BCUT2D eigenvalue weighted by molar-refractivity contribution is 7.80. The zero-order valence-electron chi connectivity index (χ0n) is 18.4. The number of nitrogens with one attached hydrogen (secondary N) is 1. The molecule has 1 aromatic carbocycles. The minimum atomic E-state index is -0.307. The largest absolute Gasteiger partial charge is 0.351 e. The van der Waals surface area contributed by atoms with Crippen molar-refractivity contribution in [3.63, 3.8) is 0 Å². The number of hydrogen-bond donors (Lipinski definition) is 1. The molecule has 0 unspecified atom stereocenters. The van der Waals surface area contributed by atoms with Crippen LogP contribution in [-0.2, 0) is 6.54 Å². The first-order chi connectivity index (χ1) is 16.0. The second-order valence-corrected chi connectivity index (χ2v) is 8.60. The van der Waals surface area contributed by atoms with Crippen molar-refractivity contribution in [1.82, 2.24) is 19.9 Å². The van der Waals surface area contributed by atoms with Crippen LogP contribution >= 0.6 is 12.2 Å². The molecule has 1 aliphatic heterocycles. The van der Waals surface area contributed by atoms with Gasteiger partial charge in [0.15, 0.2) is 5.11 Å². The van der Waals surface area contributed by atoms with Gasteiger partial charge in [0, 0.05) is 36.5 Å². The Bertz CT molecular complexity index is 1290. The summed E-state index contributed by atoms with van der Waals surface area (Å²) in [5, 5.41) is 3.90. The molecule has 33 heavy (non-hydrogen) atoms. The van der Waals surface area contributed by atoms with Crippen molar-refractivity contribution in [2.75, 3.05) is 4.90 Å². The Morgan fingerprint density at radius 1 is 1.00 bits per heavy atom. The van der Waals surface area contributed by atoms with Gasteiger partial charge >= 0.3 is 0 Å². The molecule has 0 spiro atoms. The lowest BCUT2D eigenvalue weighted by atomic mass is 9.96. The lowest BCUT2D eigenvalue weighted by Gasteiger charge is -2.28. The van der Waals surface area contributed by atoms with Gasteiger partial charge in [-0.15, -0.1) is 0 Å². The number of anilines is 1. The summed E-state index contributed by atoms with van der Waals surface area (Å²) < 4.78 is 17.2. The van der Waals surface area contributed by atoms with E-state index in [1.165, 1.54) is 11.6 Å². The van der Waals surface area contributed by atoms with Crippen molar-refractivity contribution >= 4 is 23.0 Å². The topological polar surface area (TPSA) is 46.0 Å². The van der Waals surface area contributed by atoms with Gasteiger partial charge in [0.25, 0.3) is 0 Å². The molecule has 5 rings (SSSR count). The SMILES string of the molecule is Cc1cc([C@H]2[C@H](c3ccccn3)NC(=S)N2c2ccccc2F)c(C)n1Cc1ccncc1. The highest BCUT2D eigenvalue weighted by Gasteiger charge is 2.43. The van der Waals surface area contributed by atoms with Crippen molar-refractivity contribution in [3.8, 4) is 0 Å². The molecule has 1 fully saturated rings. The van der Waals surface area contributed by atoms with E-state index in [1.807, 2.05) is 41.3 Å². The van der Waals surface area contributed by atoms with Gasteiger partial charge < -0.3 is 14.8 Å². The van der Waals surface area contributed by atoms with Crippen LogP contribution in [0.15, 0.2) is 79.3 Å². The normalized spacial score (nSPS) is 17.9. The second-order valence-electron chi connectivity index (χ2n) is 8.22. The van der Waals surface area contributed by atoms with E-state index in [2.05, 4.69) is 39.8 Å². The van der Waals surface area contributed by atoms with Gasteiger partial charge in [-0.3, -0.25) is 9.97 Å². The first kappa shape index (κ1) is 21.3. The van der Waals surface area contributed by atoms with Crippen molar-refractivity contribution in [2.24, 2.45) is 0 Å². The summed E-state index contributed by atoms with van der Waals surface area (Å²) in [6.07, 6.45) is 5.39. The van der Waals surface area contributed by atoms with Gasteiger partial charge in [0.05, 0.1) is 23.5 Å². The first-order valence-corrected chi connectivity index (χ1v) is 11.3. The predicted molar refractivity (Wildman–Crippen MR) is 132 cm³/mol. The van der Waals surface area contributed by atoms with Crippen LogP contribution < -0.4 is 10.2 Å². The monoisotopic (exact) mass is 457 g/mol. The molecule has 5 nitrogen and oxygen atoms in total. The summed E-state index contributed by atoms with van der Waals surface area (Å²) >= 11 is 5.73. The Hall–Kier alpha value is -3.58. The number of pyridine rings is 2. The number of nitrogens with zero attached hydrogens (tertiary/aromatic N) is 4. The third-order valence-electron chi connectivity index (χ3n) is 6.23. The smallest absolute Gasteiger partial charge is 0.174 e. The average molecular weight is 458 g/mol. The Kier molecular flexibility index (Phi) is 5.64. The van der Waals surface area contributed by atoms with Crippen LogP contribution in [0.4, 0.5) is 10.1 Å². The summed E-state index contributed by atoms with van der Waals surface area (Å²) in [5.41, 5.74) is 5.83. The van der Waals surface area contributed by atoms with Crippen LogP contribution in [0.2, 0.25) is 0 Å². The standard InChI is InChI=1S/C26H24FN5S/c1-17-15-20(18(2)31(17)16-19-10-13-28-14-11-19)25-24(22-8-5-6-12-29-22)30-26(33)32(25)23-9-4-3-7-21(23)27/h3-15,24-25H,16H2,1-2H3,(H,30,33)/t24-,25-/m0/s1. The van der Waals surface area contributed by atoms with Crippen molar-refractivity contribution in [3.05, 3.63) is 113 Å². The second kappa shape index (κ2) is 8.75. The molecular formula is C26H24FN5S. The van der Waals surface area contributed by atoms with Gasteiger partial charge in [-0.1, -0.05) is 18.2 Å². The maximum absolute atomic E-state index is 15.0. The zero-order valence-corrected chi connectivity index (χ0v) is 19.3. The molecule has 1 aliphatic rings. The molecule has 0 bridgehead atoms. The number of para-hydroxylation sites is 1. The molecule has 4 heterocycles. The lowest BCUT2D eigenvalue weighted by molar-refractivity contribution is 0.554. The number of halogens is 1. The Morgan fingerprint density at radius 2 is 1.76 bits per heavy atom. The van der Waals surface area contributed by atoms with Gasteiger partial charge in [-0.25, -0.2) is 4.39 Å². The number of thiocarbonyl (C=S) groups is 1. The van der Waals surface area contributed by atoms with Gasteiger partial charge in [0.2, 0.25) is 0 Å². The molecule has 4 aromatic rings. The first-order valence-electron chi connectivity index (χ1n) is 10.9. The quantitative estimate of drug-likeness (QED) is 0.414. The number of aromatic nitrogens is 3. The maximum Gasteiger partial charge on any atom is 0.174 e. The van der Waals surface area contributed by atoms with E-state index < -0.39 is 0 Å². The third kappa shape index (κ3) is 3.89. The van der Waals surface area contributed by atoms with Crippen LogP contribution in [0, 0.1) is 19.7 Å². The molecule has 7 heteroatoms. The Balaban J connectivity index is 1.64. The van der Waals surface area contributed by atoms with Crippen molar-refractivity contribution in [2.45, 2.75) is 32.5 Å². The molecule has 0 amide bonds. The van der Waals surface area contributed by atoms with E-state index in [4.69, 9.17) is 12.2 Å². The Morgan fingerprint density at radius 3 is 2.48 bits per heavy atom. The summed E-state index contributed by atoms with van der Waals surface area (Å²) in [5.74, 6) is -0.307. The zero-order chi connectivity index (χ0) is 22.9. The highest BCUT2D eigenvalue weighted by atomic mass is 32.1.